The normalized spacial score (nSPS) is 16.9. The molecule has 0 N–H and O–H groups in total. The van der Waals surface area contributed by atoms with E-state index in [0.29, 0.717) is 16.9 Å². The van der Waals surface area contributed by atoms with Crippen LogP contribution < -0.4 is 9.47 Å². The van der Waals surface area contributed by atoms with Crippen molar-refractivity contribution >= 4 is 16.6 Å². The fourth-order valence-corrected chi connectivity index (χ4v) is 4.31. The Balaban J connectivity index is 1.69. The van der Waals surface area contributed by atoms with Gasteiger partial charge in [0, 0.05) is 11.1 Å². The summed E-state index contributed by atoms with van der Waals surface area (Å²) in [5.41, 5.74) is 3.17. The first-order valence-corrected chi connectivity index (χ1v) is 10.1. The Morgan fingerprint density at radius 2 is 1.74 bits per heavy atom. The number of ketones is 1. The van der Waals surface area contributed by atoms with Crippen molar-refractivity contribution in [3.05, 3.63) is 107 Å². The summed E-state index contributed by atoms with van der Waals surface area (Å²) in [7, 11) is 1.63. The molecule has 0 saturated carbocycles. The van der Waals surface area contributed by atoms with Gasteiger partial charge < -0.3 is 9.47 Å². The number of benzene rings is 4. The topological polar surface area (TPSA) is 59.3 Å². The van der Waals surface area contributed by atoms with Crippen molar-refractivity contribution in [1.82, 2.24) is 0 Å². The van der Waals surface area contributed by atoms with E-state index >= 15 is 0 Å². The largest absolute Gasteiger partial charge is 0.497 e. The summed E-state index contributed by atoms with van der Waals surface area (Å²) < 4.78 is 11.6. The molecule has 0 fully saturated rings. The Morgan fingerprint density at radius 1 is 0.968 bits per heavy atom. The summed E-state index contributed by atoms with van der Waals surface area (Å²) in [6.45, 7) is 0. The molecule has 1 aliphatic rings. The first kappa shape index (κ1) is 18.9. The van der Waals surface area contributed by atoms with Crippen molar-refractivity contribution in [3.8, 4) is 17.6 Å². The fraction of sp³-hybridized carbons (Fsp3) is 0.111. The lowest BCUT2D eigenvalue weighted by atomic mass is 9.83. The molecular formula is C27H19NO3. The van der Waals surface area contributed by atoms with E-state index in [1.165, 1.54) is 0 Å². The average Bonchev–Trinajstić information content (AvgIpc) is 3.23. The Labute approximate surface area is 180 Å². The van der Waals surface area contributed by atoms with Crippen LogP contribution in [-0.2, 0) is 0 Å². The van der Waals surface area contributed by atoms with Gasteiger partial charge in [0.25, 0.3) is 0 Å². The van der Waals surface area contributed by atoms with Crippen molar-refractivity contribution in [2.24, 2.45) is 0 Å². The van der Waals surface area contributed by atoms with Crippen molar-refractivity contribution in [2.75, 3.05) is 7.11 Å². The Hall–Kier alpha value is -4.10. The first-order valence-electron chi connectivity index (χ1n) is 10.1. The summed E-state index contributed by atoms with van der Waals surface area (Å²) in [6.07, 6.45) is -0.674. The number of rotatable bonds is 4. The smallest absolute Gasteiger partial charge is 0.204 e. The lowest BCUT2D eigenvalue weighted by molar-refractivity contribution is 0.0807. The predicted molar refractivity (Wildman–Crippen MR) is 119 cm³/mol. The molecule has 1 heterocycles. The molecule has 4 aromatic carbocycles. The SMILES string of the molecule is COc1ccc([C@@H]2c3c(ccc4cc(C#N)ccc34)O[C@H]2C(=O)c2ccccc2)cc1. The van der Waals surface area contributed by atoms with Crippen LogP contribution in [-0.4, -0.2) is 19.0 Å². The number of hydrogen-bond donors (Lipinski definition) is 0. The predicted octanol–water partition coefficient (Wildman–Crippen LogP) is 5.50. The summed E-state index contributed by atoms with van der Waals surface area (Å²) in [4.78, 5) is 13.5. The van der Waals surface area contributed by atoms with Crippen LogP contribution >= 0.6 is 0 Å². The van der Waals surface area contributed by atoms with Gasteiger partial charge in [-0.25, -0.2) is 0 Å². The molecular weight excluding hydrogens is 386 g/mol. The van der Waals surface area contributed by atoms with Crippen LogP contribution in [0.4, 0.5) is 0 Å². The van der Waals surface area contributed by atoms with Crippen molar-refractivity contribution in [1.29, 1.82) is 5.26 Å². The van der Waals surface area contributed by atoms with E-state index in [1.807, 2.05) is 78.9 Å². The van der Waals surface area contributed by atoms with E-state index in [4.69, 9.17) is 9.47 Å². The molecule has 4 heteroatoms. The average molecular weight is 405 g/mol. The minimum atomic E-state index is -0.674. The third-order valence-corrected chi connectivity index (χ3v) is 5.81. The zero-order valence-corrected chi connectivity index (χ0v) is 16.9. The van der Waals surface area contributed by atoms with E-state index in [-0.39, 0.29) is 11.7 Å². The van der Waals surface area contributed by atoms with E-state index < -0.39 is 6.10 Å². The van der Waals surface area contributed by atoms with Gasteiger partial charge in [-0.05, 0) is 46.7 Å². The first-order chi connectivity index (χ1) is 15.2. The number of ether oxygens (including phenoxy) is 2. The number of nitrogens with zero attached hydrogens (tertiary/aromatic N) is 1. The van der Waals surface area contributed by atoms with Crippen LogP contribution in [0.1, 0.15) is 33.0 Å². The van der Waals surface area contributed by atoms with Gasteiger partial charge in [-0.1, -0.05) is 54.6 Å². The molecule has 5 rings (SSSR count). The maximum absolute atomic E-state index is 13.5. The van der Waals surface area contributed by atoms with Crippen LogP contribution in [0.15, 0.2) is 84.9 Å². The van der Waals surface area contributed by atoms with E-state index in [1.54, 1.807) is 13.2 Å². The third-order valence-electron chi connectivity index (χ3n) is 5.81. The molecule has 0 aromatic heterocycles. The third kappa shape index (κ3) is 3.21. The zero-order valence-electron chi connectivity index (χ0n) is 16.9. The van der Waals surface area contributed by atoms with E-state index in [9.17, 15) is 10.1 Å². The van der Waals surface area contributed by atoms with Gasteiger partial charge in [-0.2, -0.15) is 5.26 Å². The summed E-state index contributed by atoms with van der Waals surface area (Å²) in [6, 6.07) is 28.6. The lowest BCUT2D eigenvalue weighted by Gasteiger charge is -2.19. The second kappa shape index (κ2) is 7.62. The summed E-state index contributed by atoms with van der Waals surface area (Å²) in [5.74, 6) is 1.13. The molecule has 0 radical (unpaired) electrons. The van der Waals surface area contributed by atoms with Gasteiger partial charge in [-0.3, -0.25) is 4.79 Å². The van der Waals surface area contributed by atoms with Crippen molar-refractivity contribution < 1.29 is 14.3 Å². The molecule has 1 aliphatic heterocycles. The van der Waals surface area contributed by atoms with Gasteiger partial charge in [-0.15, -0.1) is 0 Å². The van der Waals surface area contributed by atoms with Gasteiger partial charge in [0.2, 0.25) is 5.78 Å². The summed E-state index contributed by atoms with van der Waals surface area (Å²) >= 11 is 0. The highest BCUT2D eigenvalue weighted by Crippen LogP contribution is 2.47. The minimum Gasteiger partial charge on any atom is -0.497 e. The second-order valence-corrected chi connectivity index (χ2v) is 7.54. The molecule has 0 saturated heterocycles. The molecule has 2 atom stereocenters. The Kier molecular flexibility index (Phi) is 4.65. The quantitative estimate of drug-likeness (QED) is 0.421. The monoisotopic (exact) mass is 405 g/mol. The molecule has 0 amide bonds. The van der Waals surface area contributed by atoms with Crippen LogP contribution in [0, 0.1) is 11.3 Å². The van der Waals surface area contributed by atoms with Crippen LogP contribution in [0.2, 0.25) is 0 Å². The fourth-order valence-electron chi connectivity index (χ4n) is 4.31. The Bertz CT molecular complexity index is 1320. The van der Waals surface area contributed by atoms with Gasteiger partial charge in [0.05, 0.1) is 24.7 Å². The minimum absolute atomic E-state index is 0.0561. The van der Waals surface area contributed by atoms with Gasteiger partial charge >= 0.3 is 0 Å². The molecule has 150 valence electrons. The van der Waals surface area contributed by atoms with Crippen molar-refractivity contribution in [2.45, 2.75) is 12.0 Å². The second-order valence-electron chi connectivity index (χ2n) is 7.54. The molecule has 4 nitrogen and oxygen atoms in total. The van der Waals surface area contributed by atoms with Gasteiger partial charge in [0.15, 0.2) is 6.10 Å². The number of nitriles is 1. The molecule has 0 bridgehead atoms. The standard InChI is InChI=1S/C27H19NO3/c1-30-21-11-8-18(9-12-21)24-25-22-13-7-17(16-28)15-20(22)10-14-23(25)31-27(24)26(29)19-5-3-2-4-6-19/h2-15,24,27H,1H3/t24-,27-/m1/s1. The number of hydrogen-bond acceptors (Lipinski definition) is 4. The van der Waals surface area contributed by atoms with Gasteiger partial charge in [0.1, 0.15) is 11.5 Å². The molecule has 31 heavy (non-hydrogen) atoms. The molecule has 0 spiro atoms. The van der Waals surface area contributed by atoms with Crippen LogP contribution in [0.3, 0.4) is 0 Å². The maximum Gasteiger partial charge on any atom is 0.204 e. The zero-order chi connectivity index (χ0) is 21.4. The molecule has 0 unspecified atom stereocenters. The van der Waals surface area contributed by atoms with Crippen LogP contribution in [0.25, 0.3) is 10.8 Å². The van der Waals surface area contributed by atoms with Crippen molar-refractivity contribution in [3.63, 3.8) is 0 Å². The number of methoxy groups -OCH3 is 1. The van der Waals surface area contributed by atoms with E-state index in [2.05, 4.69) is 6.07 Å². The highest BCUT2D eigenvalue weighted by Gasteiger charge is 2.41. The lowest BCUT2D eigenvalue weighted by Crippen LogP contribution is -2.30. The van der Waals surface area contributed by atoms with Crippen LogP contribution in [0.5, 0.6) is 11.5 Å². The number of carbonyl (C=O) groups is 1. The van der Waals surface area contributed by atoms with E-state index in [0.717, 1.165) is 27.6 Å². The highest BCUT2D eigenvalue weighted by atomic mass is 16.5. The number of Topliss-reactive ketones (excluding diaryl/α,β-unsaturated/α-hetero) is 1. The number of fused-ring (bicyclic) bond motifs is 3. The molecule has 4 aromatic rings. The number of carbonyl (C=O) groups excluding carboxylic acids is 1. The molecule has 0 aliphatic carbocycles. The maximum atomic E-state index is 13.5. The Morgan fingerprint density at radius 3 is 2.45 bits per heavy atom. The summed E-state index contributed by atoms with van der Waals surface area (Å²) in [5, 5.41) is 11.2. The highest BCUT2D eigenvalue weighted by molar-refractivity contribution is 6.02.